The fourth-order valence-electron chi connectivity index (χ4n) is 4.48. The molecule has 1 unspecified atom stereocenters. The summed E-state index contributed by atoms with van der Waals surface area (Å²) in [6, 6.07) is 8.07. The number of carbonyl (C=O) groups excluding carboxylic acids is 1. The lowest BCUT2D eigenvalue weighted by Crippen LogP contribution is -2.47. The van der Waals surface area contributed by atoms with Crippen LogP contribution in [-0.2, 0) is 4.79 Å². The SMILES string of the molecule is O=C1CC(c2cccc3[nH]ccc23)CC(O)=C1C=NCCN1CCN(CCO)CC1. The summed E-state index contributed by atoms with van der Waals surface area (Å²) in [5.41, 5.74) is 2.51. The van der Waals surface area contributed by atoms with Crippen LogP contribution in [0.4, 0.5) is 0 Å². The maximum absolute atomic E-state index is 12.7. The Morgan fingerprint density at radius 3 is 2.60 bits per heavy atom. The van der Waals surface area contributed by atoms with Gasteiger partial charge in [0, 0.05) is 75.4 Å². The predicted molar refractivity (Wildman–Crippen MR) is 118 cm³/mol. The van der Waals surface area contributed by atoms with Gasteiger partial charge in [-0.05, 0) is 23.6 Å². The van der Waals surface area contributed by atoms with Crippen molar-refractivity contribution < 1.29 is 15.0 Å². The molecule has 1 aromatic heterocycles. The van der Waals surface area contributed by atoms with Crippen LogP contribution in [-0.4, -0.2) is 89.4 Å². The normalized spacial score (nSPS) is 21.9. The van der Waals surface area contributed by atoms with Crippen molar-refractivity contribution >= 4 is 22.9 Å². The van der Waals surface area contributed by atoms with E-state index in [-0.39, 0.29) is 24.1 Å². The van der Waals surface area contributed by atoms with E-state index in [4.69, 9.17) is 5.11 Å². The number of aromatic nitrogens is 1. The molecule has 1 saturated heterocycles. The molecule has 1 aliphatic heterocycles. The van der Waals surface area contributed by atoms with Crippen LogP contribution < -0.4 is 0 Å². The van der Waals surface area contributed by atoms with Crippen LogP contribution in [0.1, 0.15) is 24.3 Å². The van der Waals surface area contributed by atoms with E-state index >= 15 is 0 Å². The summed E-state index contributed by atoms with van der Waals surface area (Å²) in [5, 5.41) is 20.7. The second kappa shape index (κ2) is 9.55. The van der Waals surface area contributed by atoms with Crippen LogP contribution in [0, 0.1) is 0 Å². The Morgan fingerprint density at radius 2 is 1.87 bits per heavy atom. The zero-order valence-corrected chi connectivity index (χ0v) is 17.3. The van der Waals surface area contributed by atoms with Gasteiger partial charge in [0.1, 0.15) is 5.76 Å². The number of aromatic amines is 1. The van der Waals surface area contributed by atoms with Crippen molar-refractivity contribution in [2.45, 2.75) is 18.8 Å². The first kappa shape index (κ1) is 20.8. The molecule has 0 spiro atoms. The van der Waals surface area contributed by atoms with E-state index in [1.54, 1.807) is 6.21 Å². The molecule has 0 radical (unpaired) electrons. The number of allylic oxidation sites excluding steroid dienone is 2. The van der Waals surface area contributed by atoms with Crippen molar-refractivity contribution in [3.63, 3.8) is 0 Å². The zero-order valence-electron chi connectivity index (χ0n) is 17.3. The Bertz CT molecular complexity index is 941. The summed E-state index contributed by atoms with van der Waals surface area (Å²) in [6.07, 6.45) is 4.32. The molecule has 160 valence electrons. The largest absolute Gasteiger partial charge is 0.511 e. The van der Waals surface area contributed by atoms with Gasteiger partial charge >= 0.3 is 0 Å². The molecule has 30 heavy (non-hydrogen) atoms. The first-order chi connectivity index (χ1) is 14.7. The minimum Gasteiger partial charge on any atom is -0.511 e. The standard InChI is InChI=1S/C23H30N4O3/c28-13-12-27-10-8-26(9-11-27)7-6-24-16-20-22(29)14-17(15-23(20)30)18-2-1-3-21-19(18)4-5-25-21/h1-5,16-17,25,28-29H,6-15H2. The van der Waals surface area contributed by atoms with Gasteiger partial charge in [0.15, 0.2) is 5.78 Å². The van der Waals surface area contributed by atoms with Crippen molar-refractivity contribution in [3.05, 3.63) is 47.4 Å². The van der Waals surface area contributed by atoms with Crippen molar-refractivity contribution in [3.8, 4) is 0 Å². The molecule has 0 saturated carbocycles. The molecular weight excluding hydrogens is 380 g/mol. The summed E-state index contributed by atoms with van der Waals surface area (Å²) >= 11 is 0. The lowest BCUT2D eigenvalue weighted by atomic mass is 9.82. The molecule has 7 heteroatoms. The molecule has 3 N–H and O–H groups in total. The molecule has 2 aromatic rings. The van der Waals surface area contributed by atoms with Crippen LogP contribution in [0.5, 0.6) is 0 Å². The Morgan fingerprint density at radius 1 is 1.10 bits per heavy atom. The molecule has 1 atom stereocenters. The zero-order chi connectivity index (χ0) is 20.9. The number of nitrogens with zero attached hydrogens (tertiary/aromatic N) is 3. The second-order valence-electron chi connectivity index (χ2n) is 8.12. The minimum absolute atomic E-state index is 0.00985. The number of β-amino-alcohol motifs (C(OH)–C–C–N with tert-alkyl or cyclic N) is 1. The van der Waals surface area contributed by atoms with Crippen LogP contribution in [0.15, 0.2) is 46.8 Å². The van der Waals surface area contributed by atoms with Gasteiger partial charge in [-0.25, -0.2) is 0 Å². The summed E-state index contributed by atoms with van der Waals surface area (Å²) in [6.45, 7) is 6.25. The number of H-pyrrole nitrogens is 1. The van der Waals surface area contributed by atoms with Gasteiger partial charge in [-0.1, -0.05) is 12.1 Å². The fourth-order valence-corrected chi connectivity index (χ4v) is 4.48. The molecule has 7 nitrogen and oxygen atoms in total. The fraction of sp³-hybridized carbons (Fsp3) is 0.478. The Balaban J connectivity index is 1.33. The molecule has 1 fully saturated rings. The third-order valence-corrected chi connectivity index (χ3v) is 6.20. The van der Waals surface area contributed by atoms with E-state index in [0.717, 1.165) is 55.7 Å². The number of ketones is 1. The van der Waals surface area contributed by atoms with Crippen molar-refractivity contribution in [2.24, 2.45) is 4.99 Å². The topological polar surface area (TPSA) is 92.2 Å². The van der Waals surface area contributed by atoms with Gasteiger partial charge < -0.3 is 15.2 Å². The first-order valence-electron chi connectivity index (χ1n) is 10.7. The number of fused-ring (bicyclic) bond motifs is 1. The minimum atomic E-state index is -0.0438. The van der Waals surface area contributed by atoms with Gasteiger partial charge in [0.05, 0.1) is 18.7 Å². The monoisotopic (exact) mass is 410 g/mol. The van der Waals surface area contributed by atoms with Gasteiger partial charge in [0.2, 0.25) is 0 Å². The highest BCUT2D eigenvalue weighted by Gasteiger charge is 2.28. The number of benzene rings is 1. The molecule has 1 aromatic carbocycles. The number of aliphatic hydroxyl groups excluding tert-OH is 2. The molecule has 1 aliphatic carbocycles. The molecule has 0 amide bonds. The van der Waals surface area contributed by atoms with Gasteiger partial charge in [-0.3, -0.25) is 19.6 Å². The third kappa shape index (κ3) is 4.64. The summed E-state index contributed by atoms with van der Waals surface area (Å²) < 4.78 is 0. The summed E-state index contributed by atoms with van der Waals surface area (Å²) in [7, 11) is 0. The average Bonchev–Trinajstić information content (AvgIpc) is 3.23. The smallest absolute Gasteiger partial charge is 0.168 e. The number of hydrogen-bond acceptors (Lipinski definition) is 6. The van der Waals surface area contributed by atoms with Crippen molar-refractivity contribution in [2.75, 3.05) is 52.4 Å². The number of aliphatic imine (C=N–C) groups is 1. The van der Waals surface area contributed by atoms with E-state index in [2.05, 4.69) is 19.8 Å². The van der Waals surface area contributed by atoms with Crippen LogP contribution in [0.3, 0.4) is 0 Å². The molecule has 2 aliphatic rings. The van der Waals surface area contributed by atoms with E-state index in [9.17, 15) is 9.90 Å². The number of nitrogens with one attached hydrogen (secondary N) is 1. The molecule has 0 bridgehead atoms. The highest BCUT2D eigenvalue weighted by Crippen LogP contribution is 2.36. The number of rotatable bonds is 7. The average molecular weight is 411 g/mol. The van der Waals surface area contributed by atoms with Gasteiger partial charge in [-0.2, -0.15) is 0 Å². The van der Waals surface area contributed by atoms with E-state index < -0.39 is 0 Å². The third-order valence-electron chi connectivity index (χ3n) is 6.20. The second-order valence-corrected chi connectivity index (χ2v) is 8.12. The number of Topliss-reactive ketones (excluding diaryl/α,β-unsaturated/α-hetero) is 1. The van der Waals surface area contributed by atoms with Crippen molar-refractivity contribution in [1.82, 2.24) is 14.8 Å². The molecular formula is C23H30N4O3. The van der Waals surface area contributed by atoms with Crippen LogP contribution in [0.25, 0.3) is 10.9 Å². The number of carbonyl (C=O) groups is 1. The Labute approximate surface area is 176 Å². The number of piperazine rings is 1. The number of aliphatic hydroxyl groups is 2. The van der Waals surface area contributed by atoms with Crippen LogP contribution in [0.2, 0.25) is 0 Å². The maximum atomic E-state index is 12.7. The highest BCUT2D eigenvalue weighted by molar-refractivity contribution is 6.14. The van der Waals surface area contributed by atoms with E-state index in [1.807, 2.05) is 30.5 Å². The van der Waals surface area contributed by atoms with E-state index in [0.29, 0.717) is 25.0 Å². The lowest BCUT2D eigenvalue weighted by Gasteiger charge is -2.33. The Hall–Kier alpha value is -2.48. The first-order valence-corrected chi connectivity index (χ1v) is 10.7. The highest BCUT2D eigenvalue weighted by atomic mass is 16.3. The van der Waals surface area contributed by atoms with Crippen LogP contribution >= 0.6 is 0 Å². The van der Waals surface area contributed by atoms with Gasteiger partial charge in [0.25, 0.3) is 0 Å². The van der Waals surface area contributed by atoms with Crippen molar-refractivity contribution in [1.29, 1.82) is 0 Å². The van der Waals surface area contributed by atoms with Gasteiger partial charge in [-0.15, -0.1) is 0 Å². The molecule has 2 heterocycles. The molecule has 4 rings (SSSR count). The maximum Gasteiger partial charge on any atom is 0.168 e. The Kier molecular flexibility index (Phi) is 6.62. The summed E-state index contributed by atoms with van der Waals surface area (Å²) in [4.78, 5) is 24.9. The van der Waals surface area contributed by atoms with E-state index in [1.165, 1.54) is 0 Å². The quantitative estimate of drug-likeness (QED) is 0.608. The number of hydrogen-bond donors (Lipinski definition) is 3. The summed E-state index contributed by atoms with van der Waals surface area (Å²) in [5.74, 6) is 0.0900. The predicted octanol–water partition coefficient (Wildman–Crippen LogP) is 2.11. The lowest BCUT2D eigenvalue weighted by molar-refractivity contribution is -0.116.